The van der Waals surface area contributed by atoms with Crippen molar-refractivity contribution in [3.63, 3.8) is 0 Å². The van der Waals surface area contributed by atoms with Crippen molar-refractivity contribution >= 4 is 17.1 Å². The average Bonchev–Trinajstić information content (AvgIpc) is 2.58. The topological polar surface area (TPSA) is 77.0 Å². The fourth-order valence-corrected chi connectivity index (χ4v) is 1.96. The summed E-state index contributed by atoms with van der Waals surface area (Å²) in [5.41, 5.74) is 1.29. The second-order valence-corrected chi connectivity index (χ2v) is 4.66. The number of nitrogens with zero attached hydrogens (tertiary/aromatic N) is 3. The summed E-state index contributed by atoms with van der Waals surface area (Å²) in [4.78, 5) is 24.3. The molecule has 7 heteroatoms. The van der Waals surface area contributed by atoms with Crippen LogP contribution in [0.4, 0.5) is 4.39 Å². The zero-order valence-electron chi connectivity index (χ0n) is 12.1. The Labute approximate surface area is 131 Å². The lowest BCUT2D eigenvalue weighted by atomic mass is 10.3. The van der Waals surface area contributed by atoms with Crippen LogP contribution in [-0.2, 0) is 0 Å². The van der Waals surface area contributed by atoms with Crippen LogP contribution in [0.15, 0.2) is 48.8 Å². The first-order valence-corrected chi connectivity index (χ1v) is 6.97. The molecule has 0 atom stereocenters. The van der Waals surface area contributed by atoms with Crippen molar-refractivity contribution in [3.8, 4) is 5.75 Å². The highest BCUT2D eigenvalue weighted by Gasteiger charge is 2.08. The number of rotatable bonds is 5. The maximum Gasteiger partial charge on any atom is 0.270 e. The van der Waals surface area contributed by atoms with E-state index >= 15 is 0 Å². The Morgan fingerprint density at radius 3 is 2.91 bits per heavy atom. The van der Waals surface area contributed by atoms with E-state index in [9.17, 15) is 9.18 Å². The Hall–Kier alpha value is -3.09. The van der Waals surface area contributed by atoms with E-state index in [1.807, 2.05) is 0 Å². The molecule has 0 bridgehead atoms. The van der Waals surface area contributed by atoms with Crippen LogP contribution in [0.1, 0.15) is 10.5 Å². The summed E-state index contributed by atoms with van der Waals surface area (Å²) in [7, 11) is 0. The Kier molecular flexibility index (Phi) is 4.37. The largest absolute Gasteiger partial charge is 0.492 e. The van der Waals surface area contributed by atoms with Crippen LogP contribution < -0.4 is 10.1 Å². The van der Waals surface area contributed by atoms with Crippen molar-refractivity contribution in [1.82, 2.24) is 20.3 Å². The van der Waals surface area contributed by atoms with Gasteiger partial charge in [-0.15, -0.1) is 0 Å². The number of benzene rings is 1. The van der Waals surface area contributed by atoms with Gasteiger partial charge in [-0.2, -0.15) is 0 Å². The van der Waals surface area contributed by atoms with Gasteiger partial charge in [-0.1, -0.05) is 6.07 Å². The summed E-state index contributed by atoms with van der Waals surface area (Å²) >= 11 is 0. The zero-order valence-corrected chi connectivity index (χ0v) is 12.1. The zero-order chi connectivity index (χ0) is 16.1. The number of hydrogen-bond donors (Lipinski definition) is 1. The summed E-state index contributed by atoms with van der Waals surface area (Å²) < 4.78 is 18.3. The molecule has 0 saturated heterocycles. The second-order valence-electron chi connectivity index (χ2n) is 4.66. The number of halogens is 1. The lowest BCUT2D eigenvalue weighted by Crippen LogP contribution is -2.28. The van der Waals surface area contributed by atoms with Gasteiger partial charge in [-0.05, 0) is 24.3 Å². The summed E-state index contributed by atoms with van der Waals surface area (Å²) in [6, 6.07) is 9.10. The first kappa shape index (κ1) is 14.8. The molecule has 0 spiro atoms. The maximum atomic E-state index is 13.0. The highest BCUT2D eigenvalue weighted by Crippen LogP contribution is 2.11. The molecule has 0 aliphatic carbocycles. The molecule has 3 rings (SSSR count). The van der Waals surface area contributed by atoms with Crippen molar-refractivity contribution in [2.45, 2.75) is 0 Å². The Balaban J connectivity index is 1.54. The van der Waals surface area contributed by atoms with E-state index < -0.39 is 0 Å². The third-order valence-corrected chi connectivity index (χ3v) is 3.02. The lowest BCUT2D eigenvalue weighted by Gasteiger charge is -2.07. The van der Waals surface area contributed by atoms with Crippen LogP contribution in [0.3, 0.4) is 0 Å². The molecular formula is C16H13FN4O2. The number of fused-ring (bicyclic) bond motifs is 1. The SMILES string of the molecule is O=C(NCCOc1cccc(F)c1)c1ccc2nccnc2n1. The number of amides is 1. The average molecular weight is 312 g/mol. The molecule has 3 aromatic rings. The van der Waals surface area contributed by atoms with E-state index in [0.29, 0.717) is 16.9 Å². The third-order valence-electron chi connectivity index (χ3n) is 3.02. The molecule has 0 aliphatic heterocycles. The molecule has 1 amide bonds. The predicted molar refractivity (Wildman–Crippen MR) is 81.6 cm³/mol. The van der Waals surface area contributed by atoms with E-state index in [4.69, 9.17) is 4.74 Å². The Morgan fingerprint density at radius 1 is 1.17 bits per heavy atom. The van der Waals surface area contributed by atoms with Crippen molar-refractivity contribution < 1.29 is 13.9 Å². The molecule has 6 nitrogen and oxygen atoms in total. The van der Waals surface area contributed by atoms with Gasteiger partial charge < -0.3 is 10.1 Å². The second kappa shape index (κ2) is 6.78. The minimum Gasteiger partial charge on any atom is -0.492 e. The van der Waals surface area contributed by atoms with Crippen molar-refractivity contribution in [3.05, 3.63) is 60.3 Å². The number of pyridine rings is 1. The van der Waals surface area contributed by atoms with Gasteiger partial charge in [0.25, 0.3) is 5.91 Å². The molecule has 0 saturated carbocycles. The molecule has 2 aromatic heterocycles. The third kappa shape index (κ3) is 3.76. The number of ether oxygens (including phenoxy) is 1. The normalized spacial score (nSPS) is 10.5. The standard InChI is InChI=1S/C16H13FN4O2/c17-11-2-1-3-12(10-11)23-9-8-20-16(22)14-5-4-13-15(21-14)19-7-6-18-13/h1-7,10H,8-9H2,(H,20,22). The first-order valence-electron chi connectivity index (χ1n) is 6.97. The fraction of sp³-hybridized carbons (Fsp3) is 0.125. The summed E-state index contributed by atoms with van der Waals surface area (Å²) in [5.74, 6) is -0.285. The Morgan fingerprint density at radius 2 is 2.04 bits per heavy atom. The molecule has 0 unspecified atom stereocenters. The minimum atomic E-state index is -0.368. The van der Waals surface area contributed by atoms with Gasteiger partial charge in [0.05, 0.1) is 6.54 Å². The molecular weight excluding hydrogens is 299 g/mol. The van der Waals surface area contributed by atoms with Gasteiger partial charge in [0.15, 0.2) is 5.65 Å². The molecule has 0 radical (unpaired) electrons. The molecule has 0 fully saturated rings. The summed E-state index contributed by atoms with van der Waals surface area (Å²) in [6.45, 7) is 0.498. The van der Waals surface area contributed by atoms with Gasteiger partial charge in [0, 0.05) is 18.5 Å². The van der Waals surface area contributed by atoms with Crippen LogP contribution in [0.5, 0.6) is 5.75 Å². The summed E-state index contributed by atoms with van der Waals surface area (Å²) in [5, 5.41) is 2.68. The van der Waals surface area contributed by atoms with Crippen LogP contribution in [0, 0.1) is 5.82 Å². The molecule has 1 aromatic carbocycles. The summed E-state index contributed by atoms with van der Waals surface area (Å²) in [6.07, 6.45) is 3.08. The quantitative estimate of drug-likeness (QED) is 0.729. The smallest absolute Gasteiger partial charge is 0.270 e. The van der Waals surface area contributed by atoms with Crippen LogP contribution >= 0.6 is 0 Å². The molecule has 2 heterocycles. The van der Waals surface area contributed by atoms with Crippen LogP contribution in [0.2, 0.25) is 0 Å². The van der Waals surface area contributed by atoms with E-state index in [2.05, 4.69) is 20.3 Å². The van der Waals surface area contributed by atoms with E-state index in [-0.39, 0.29) is 30.6 Å². The van der Waals surface area contributed by atoms with E-state index in [1.54, 1.807) is 30.5 Å². The van der Waals surface area contributed by atoms with E-state index in [1.165, 1.54) is 18.3 Å². The number of aromatic nitrogens is 3. The van der Waals surface area contributed by atoms with Crippen molar-refractivity contribution in [1.29, 1.82) is 0 Å². The molecule has 1 N–H and O–H groups in total. The number of nitrogens with one attached hydrogen (secondary N) is 1. The van der Waals surface area contributed by atoms with Gasteiger partial charge in [0.1, 0.15) is 29.4 Å². The minimum absolute atomic E-state index is 0.225. The number of carbonyl (C=O) groups is 1. The maximum absolute atomic E-state index is 13.0. The highest BCUT2D eigenvalue weighted by molar-refractivity contribution is 5.93. The van der Waals surface area contributed by atoms with Crippen LogP contribution in [-0.4, -0.2) is 34.0 Å². The van der Waals surface area contributed by atoms with Gasteiger partial charge in [0.2, 0.25) is 0 Å². The first-order chi connectivity index (χ1) is 11.2. The lowest BCUT2D eigenvalue weighted by molar-refractivity contribution is 0.0942. The van der Waals surface area contributed by atoms with Crippen LogP contribution in [0.25, 0.3) is 11.2 Å². The number of hydrogen-bond acceptors (Lipinski definition) is 5. The highest BCUT2D eigenvalue weighted by atomic mass is 19.1. The van der Waals surface area contributed by atoms with Gasteiger partial charge in [-0.25, -0.2) is 14.4 Å². The molecule has 116 valence electrons. The van der Waals surface area contributed by atoms with Crippen molar-refractivity contribution in [2.75, 3.05) is 13.2 Å². The monoisotopic (exact) mass is 312 g/mol. The predicted octanol–water partition coefficient (Wildman–Crippen LogP) is 1.97. The molecule has 0 aliphatic rings. The number of carbonyl (C=O) groups excluding carboxylic acids is 1. The Bertz CT molecular complexity index is 841. The fourth-order valence-electron chi connectivity index (χ4n) is 1.96. The van der Waals surface area contributed by atoms with Gasteiger partial charge >= 0.3 is 0 Å². The van der Waals surface area contributed by atoms with Gasteiger partial charge in [-0.3, -0.25) is 9.78 Å². The van der Waals surface area contributed by atoms with Crippen molar-refractivity contribution in [2.24, 2.45) is 0 Å². The van der Waals surface area contributed by atoms with E-state index in [0.717, 1.165) is 0 Å². The molecule has 23 heavy (non-hydrogen) atoms.